The quantitative estimate of drug-likeness (QED) is 0.856. The van der Waals surface area contributed by atoms with E-state index in [1.54, 1.807) is 13.0 Å². The molecule has 0 fully saturated rings. The van der Waals surface area contributed by atoms with Gasteiger partial charge in [0.25, 0.3) is 10.0 Å². The Morgan fingerprint density at radius 2 is 1.80 bits per heavy atom. The maximum atomic E-state index is 13.5. The fraction of sp³-hybridized carbons (Fsp3) is 0.0769. The van der Waals surface area contributed by atoms with Crippen molar-refractivity contribution in [3.8, 4) is 0 Å². The molecule has 0 bridgehead atoms. The zero-order valence-electron chi connectivity index (χ0n) is 10.5. The van der Waals surface area contributed by atoms with Gasteiger partial charge in [-0.15, -0.1) is 0 Å². The Morgan fingerprint density at radius 3 is 2.45 bits per heavy atom. The summed E-state index contributed by atoms with van der Waals surface area (Å²) in [5.41, 5.74) is 7.02. The van der Waals surface area contributed by atoms with Gasteiger partial charge in [0.15, 0.2) is 0 Å². The minimum absolute atomic E-state index is 0.178. The summed E-state index contributed by atoms with van der Waals surface area (Å²) >= 11 is 0. The van der Waals surface area contributed by atoms with Crippen molar-refractivity contribution in [1.82, 2.24) is 0 Å². The molecule has 0 aromatic heterocycles. The largest absolute Gasteiger partial charge is 0.398 e. The van der Waals surface area contributed by atoms with Gasteiger partial charge in [0.05, 0.1) is 5.69 Å². The molecule has 106 valence electrons. The van der Waals surface area contributed by atoms with E-state index < -0.39 is 26.6 Å². The minimum Gasteiger partial charge on any atom is -0.398 e. The van der Waals surface area contributed by atoms with Crippen molar-refractivity contribution >= 4 is 21.4 Å². The van der Waals surface area contributed by atoms with Gasteiger partial charge in [-0.3, -0.25) is 4.72 Å². The van der Waals surface area contributed by atoms with E-state index in [0.29, 0.717) is 11.8 Å². The standard InChI is InChI=1S/C13H12F2N2O2S/c1-8-2-4-10(7-12(8)16)17-20(18,19)13-6-9(14)3-5-11(13)15/h2-7,17H,16H2,1H3. The van der Waals surface area contributed by atoms with Crippen LogP contribution in [0, 0.1) is 18.6 Å². The van der Waals surface area contributed by atoms with E-state index in [9.17, 15) is 17.2 Å². The number of sulfonamides is 1. The molecule has 0 spiro atoms. The molecule has 0 saturated heterocycles. The molecule has 0 aliphatic heterocycles. The highest BCUT2D eigenvalue weighted by Crippen LogP contribution is 2.22. The topological polar surface area (TPSA) is 72.2 Å². The molecule has 0 atom stereocenters. The van der Waals surface area contributed by atoms with Gasteiger partial charge in [-0.1, -0.05) is 6.07 Å². The van der Waals surface area contributed by atoms with E-state index in [1.165, 1.54) is 12.1 Å². The molecule has 2 rings (SSSR count). The fourth-order valence-electron chi connectivity index (χ4n) is 1.60. The molecule has 4 nitrogen and oxygen atoms in total. The lowest BCUT2D eigenvalue weighted by Crippen LogP contribution is -2.15. The molecule has 0 amide bonds. The highest BCUT2D eigenvalue weighted by atomic mass is 32.2. The van der Waals surface area contributed by atoms with Crippen molar-refractivity contribution in [3.63, 3.8) is 0 Å². The summed E-state index contributed by atoms with van der Waals surface area (Å²) in [6.07, 6.45) is 0. The summed E-state index contributed by atoms with van der Waals surface area (Å²) in [5.74, 6) is -1.87. The molecule has 0 aliphatic rings. The van der Waals surface area contributed by atoms with Gasteiger partial charge < -0.3 is 5.73 Å². The number of anilines is 2. The van der Waals surface area contributed by atoms with Crippen molar-refractivity contribution in [2.24, 2.45) is 0 Å². The van der Waals surface area contributed by atoms with E-state index in [4.69, 9.17) is 5.73 Å². The number of nitrogens with one attached hydrogen (secondary N) is 1. The zero-order chi connectivity index (χ0) is 14.9. The van der Waals surface area contributed by atoms with Gasteiger partial charge in [0, 0.05) is 5.69 Å². The summed E-state index contributed by atoms with van der Waals surface area (Å²) < 4.78 is 52.7. The van der Waals surface area contributed by atoms with Crippen LogP contribution < -0.4 is 10.5 Å². The van der Waals surface area contributed by atoms with Gasteiger partial charge in [-0.25, -0.2) is 17.2 Å². The summed E-state index contributed by atoms with van der Waals surface area (Å²) in [4.78, 5) is -0.753. The van der Waals surface area contributed by atoms with Crippen LogP contribution in [0.5, 0.6) is 0 Å². The number of rotatable bonds is 3. The average molecular weight is 298 g/mol. The predicted molar refractivity (Wildman–Crippen MR) is 72.8 cm³/mol. The highest BCUT2D eigenvalue weighted by molar-refractivity contribution is 7.92. The Hall–Kier alpha value is -2.15. The Balaban J connectivity index is 2.40. The molecule has 0 saturated carbocycles. The Labute approximate surface area is 115 Å². The third kappa shape index (κ3) is 2.88. The van der Waals surface area contributed by atoms with Gasteiger partial charge in [0.2, 0.25) is 0 Å². The van der Waals surface area contributed by atoms with Crippen molar-refractivity contribution in [2.75, 3.05) is 10.5 Å². The second-order valence-electron chi connectivity index (χ2n) is 4.25. The van der Waals surface area contributed by atoms with Crippen LogP contribution in [0.3, 0.4) is 0 Å². The van der Waals surface area contributed by atoms with Gasteiger partial charge >= 0.3 is 0 Å². The molecule has 0 radical (unpaired) electrons. The number of nitrogen functional groups attached to an aromatic ring is 1. The Morgan fingerprint density at radius 1 is 1.10 bits per heavy atom. The Bertz CT molecular complexity index is 761. The third-order valence-corrected chi connectivity index (χ3v) is 4.11. The molecule has 7 heteroatoms. The van der Waals surface area contributed by atoms with Crippen LogP contribution >= 0.6 is 0 Å². The van der Waals surface area contributed by atoms with Crippen molar-refractivity contribution in [2.45, 2.75) is 11.8 Å². The van der Waals surface area contributed by atoms with E-state index in [1.807, 2.05) is 0 Å². The van der Waals surface area contributed by atoms with E-state index in [-0.39, 0.29) is 5.69 Å². The molecular formula is C13H12F2N2O2S. The monoisotopic (exact) mass is 298 g/mol. The van der Waals surface area contributed by atoms with E-state index in [2.05, 4.69) is 4.72 Å². The summed E-state index contributed by atoms with van der Waals surface area (Å²) in [5, 5.41) is 0. The summed E-state index contributed by atoms with van der Waals surface area (Å²) in [7, 11) is -4.22. The first-order chi connectivity index (χ1) is 9.29. The number of nitrogens with two attached hydrogens (primary N) is 1. The first kappa shape index (κ1) is 14.3. The summed E-state index contributed by atoms with van der Waals surface area (Å²) in [6.45, 7) is 1.76. The van der Waals surface area contributed by atoms with Crippen molar-refractivity contribution in [1.29, 1.82) is 0 Å². The molecular weight excluding hydrogens is 286 g/mol. The SMILES string of the molecule is Cc1ccc(NS(=O)(=O)c2cc(F)ccc2F)cc1N. The Kier molecular flexibility index (Phi) is 3.63. The number of hydrogen-bond donors (Lipinski definition) is 2. The van der Waals surface area contributed by atoms with Gasteiger partial charge in [0.1, 0.15) is 16.5 Å². The first-order valence-corrected chi connectivity index (χ1v) is 7.12. The average Bonchev–Trinajstić information content (AvgIpc) is 2.36. The number of benzene rings is 2. The molecule has 20 heavy (non-hydrogen) atoms. The van der Waals surface area contributed by atoms with Crippen LogP contribution in [0.25, 0.3) is 0 Å². The number of aryl methyl sites for hydroxylation is 1. The molecule has 3 N–H and O–H groups in total. The van der Waals surface area contributed by atoms with Gasteiger partial charge in [-0.05, 0) is 42.8 Å². The maximum Gasteiger partial charge on any atom is 0.264 e. The normalized spacial score (nSPS) is 11.3. The lowest BCUT2D eigenvalue weighted by atomic mass is 10.2. The van der Waals surface area contributed by atoms with Crippen LogP contribution in [0.4, 0.5) is 20.2 Å². The third-order valence-electron chi connectivity index (χ3n) is 2.71. The van der Waals surface area contributed by atoms with Crippen LogP contribution in [0.15, 0.2) is 41.3 Å². The lowest BCUT2D eigenvalue weighted by Gasteiger charge is -2.10. The summed E-state index contributed by atoms with van der Waals surface area (Å²) in [6, 6.07) is 6.74. The first-order valence-electron chi connectivity index (χ1n) is 5.63. The van der Waals surface area contributed by atoms with Crippen molar-refractivity contribution < 1.29 is 17.2 Å². The van der Waals surface area contributed by atoms with E-state index in [0.717, 1.165) is 17.7 Å². The fourth-order valence-corrected chi connectivity index (χ4v) is 2.74. The molecule has 0 unspecified atom stereocenters. The van der Waals surface area contributed by atoms with Crippen LogP contribution in [-0.4, -0.2) is 8.42 Å². The second-order valence-corrected chi connectivity index (χ2v) is 5.90. The highest BCUT2D eigenvalue weighted by Gasteiger charge is 2.20. The second kappa shape index (κ2) is 5.09. The molecule has 0 heterocycles. The van der Waals surface area contributed by atoms with E-state index >= 15 is 0 Å². The molecule has 2 aromatic carbocycles. The maximum absolute atomic E-state index is 13.5. The zero-order valence-corrected chi connectivity index (χ0v) is 11.3. The molecule has 2 aromatic rings. The molecule has 0 aliphatic carbocycles. The minimum atomic E-state index is -4.22. The van der Waals surface area contributed by atoms with Crippen LogP contribution in [0.2, 0.25) is 0 Å². The predicted octanol–water partition coefficient (Wildman–Crippen LogP) is 2.66. The van der Waals surface area contributed by atoms with Crippen molar-refractivity contribution in [3.05, 3.63) is 53.6 Å². The number of halogens is 2. The van der Waals surface area contributed by atoms with Gasteiger partial charge in [-0.2, -0.15) is 0 Å². The van der Waals surface area contributed by atoms with Crippen LogP contribution in [0.1, 0.15) is 5.56 Å². The van der Waals surface area contributed by atoms with Crippen LogP contribution in [-0.2, 0) is 10.0 Å². The number of hydrogen-bond acceptors (Lipinski definition) is 3. The smallest absolute Gasteiger partial charge is 0.264 e. The lowest BCUT2D eigenvalue weighted by molar-refractivity contribution is 0.555.